The van der Waals surface area contributed by atoms with Crippen molar-refractivity contribution in [2.45, 2.75) is 32.7 Å². The lowest BCUT2D eigenvalue weighted by molar-refractivity contribution is 0.197. The van der Waals surface area contributed by atoms with E-state index >= 15 is 0 Å². The Morgan fingerprint density at radius 3 is 2.50 bits per heavy atom. The summed E-state index contributed by atoms with van der Waals surface area (Å²) in [6.07, 6.45) is 4.51. The molecule has 2 aliphatic rings. The van der Waals surface area contributed by atoms with Crippen molar-refractivity contribution in [2.24, 2.45) is 16.6 Å². The third-order valence-electron chi connectivity index (χ3n) is 5.11. The zero-order valence-corrected chi connectivity index (χ0v) is 15.7. The van der Waals surface area contributed by atoms with Gasteiger partial charge >= 0.3 is 0 Å². The van der Waals surface area contributed by atoms with Crippen LogP contribution < -0.4 is 10.6 Å². The fourth-order valence-corrected chi connectivity index (χ4v) is 4.30. The predicted octanol–water partition coefficient (Wildman–Crippen LogP) is 1.70. The number of thiazole rings is 1. The SMILES string of the molecule is CC(C)C(CN=C(N)N1CCN(c2nccs2)CC1)N1CCCC1. The van der Waals surface area contributed by atoms with Gasteiger partial charge in [-0.25, -0.2) is 4.98 Å². The normalized spacial score (nSPS) is 21.7. The lowest BCUT2D eigenvalue weighted by Gasteiger charge is -2.35. The first-order valence-electron chi connectivity index (χ1n) is 9.08. The zero-order chi connectivity index (χ0) is 16.9. The lowest BCUT2D eigenvalue weighted by atomic mass is 10.0. The summed E-state index contributed by atoms with van der Waals surface area (Å²) in [5, 5.41) is 3.14. The number of nitrogens with zero attached hydrogens (tertiary/aromatic N) is 5. The highest BCUT2D eigenvalue weighted by Gasteiger charge is 2.25. The Morgan fingerprint density at radius 2 is 1.92 bits per heavy atom. The quantitative estimate of drug-likeness (QED) is 0.647. The van der Waals surface area contributed by atoms with E-state index < -0.39 is 0 Å². The molecule has 0 spiro atoms. The summed E-state index contributed by atoms with van der Waals surface area (Å²) in [6, 6.07) is 0.516. The topological polar surface area (TPSA) is 61.0 Å². The van der Waals surface area contributed by atoms with E-state index in [0.29, 0.717) is 17.9 Å². The van der Waals surface area contributed by atoms with Gasteiger partial charge in [0.05, 0.1) is 6.54 Å². The molecular formula is C17H30N6S. The van der Waals surface area contributed by atoms with Gasteiger partial charge in [-0.15, -0.1) is 11.3 Å². The van der Waals surface area contributed by atoms with Gasteiger partial charge in [-0.2, -0.15) is 0 Å². The average Bonchev–Trinajstić information content (AvgIpc) is 3.28. The first kappa shape index (κ1) is 17.5. The minimum absolute atomic E-state index is 0.516. The highest BCUT2D eigenvalue weighted by molar-refractivity contribution is 7.13. The summed E-state index contributed by atoms with van der Waals surface area (Å²) in [6.45, 7) is 11.6. The lowest BCUT2D eigenvalue weighted by Crippen LogP contribution is -2.51. The Labute approximate surface area is 149 Å². The molecule has 0 amide bonds. The van der Waals surface area contributed by atoms with Crippen molar-refractivity contribution in [1.82, 2.24) is 14.8 Å². The van der Waals surface area contributed by atoms with Crippen molar-refractivity contribution < 1.29 is 0 Å². The molecule has 7 heteroatoms. The molecule has 3 heterocycles. The van der Waals surface area contributed by atoms with Gasteiger partial charge in [0.2, 0.25) is 0 Å². The van der Waals surface area contributed by atoms with Crippen LogP contribution in [-0.2, 0) is 0 Å². The maximum Gasteiger partial charge on any atom is 0.191 e. The van der Waals surface area contributed by atoms with Crippen LogP contribution in [0, 0.1) is 5.92 Å². The maximum atomic E-state index is 6.29. The summed E-state index contributed by atoms with van der Waals surface area (Å²) in [4.78, 5) is 16.3. The maximum absolute atomic E-state index is 6.29. The number of guanidine groups is 1. The molecule has 2 fully saturated rings. The van der Waals surface area contributed by atoms with Crippen molar-refractivity contribution in [3.63, 3.8) is 0 Å². The highest BCUT2D eigenvalue weighted by atomic mass is 32.1. The Kier molecular flexibility index (Phi) is 5.94. The van der Waals surface area contributed by atoms with Crippen LogP contribution in [-0.4, -0.2) is 72.6 Å². The standard InChI is InChI=1S/C17H30N6S/c1-14(2)15(21-6-3-4-7-21)13-20-16(18)22-8-10-23(11-9-22)17-19-5-12-24-17/h5,12,14-15H,3-4,6-11,13H2,1-2H3,(H2,18,20). The molecule has 0 radical (unpaired) electrons. The Bertz CT molecular complexity index is 515. The van der Waals surface area contributed by atoms with Crippen LogP contribution >= 0.6 is 11.3 Å². The molecule has 134 valence electrons. The first-order valence-corrected chi connectivity index (χ1v) is 9.96. The second-order valence-electron chi connectivity index (χ2n) is 7.04. The summed E-state index contributed by atoms with van der Waals surface area (Å²) >= 11 is 1.70. The number of likely N-dealkylation sites (tertiary alicyclic amines) is 1. The van der Waals surface area contributed by atoms with Crippen molar-refractivity contribution in [1.29, 1.82) is 0 Å². The van der Waals surface area contributed by atoms with Crippen molar-refractivity contribution in [2.75, 3.05) is 50.7 Å². The highest BCUT2D eigenvalue weighted by Crippen LogP contribution is 2.20. The van der Waals surface area contributed by atoms with Crippen molar-refractivity contribution in [3.05, 3.63) is 11.6 Å². The molecule has 1 atom stereocenters. The molecular weight excluding hydrogens is 320 g/mol. The molecule has 24 heavy (non-hydrogen) atoms. The number of hydrogen-bond donors (Lipinski definition) is 1. The minimum atomic E-state index is 0.516. The van der Waals surface area contributed by atoms with Crippen molar-refractivity contribution in [3.8, 4) is 0 Å². The van der Waals surface area contributed by atoms with E-state index in [-0.39, 0.29) is 0 Å². The molecule has 1 aromatic rings. The summed E-state index contributed by atoms with van der Waals surface area (Å²) in [5.41, 5.74) is 6.29. The average molecular weight is 351 g/mol. The van der Waals surface area contributed by atoms with Crippen LogP contribution in [0.15, 0.2) is 16.6 Å². The number of anilines is 1. The number of aliphatic imine (C=N–C) groups is 1. The Morgan fingerprint density at radius 1 is 1.21 bits per heavy atom. The van der Waals surface area contributed by atoms with Crippen LogP contribution in [0.1, 0.15) is 26.7 Å². The monoisotopic (exact) mass is 350 g/mol. The van der Waals surface area contributed by atoms with E-state index in [0.717, 1.165) is 37.9 Å². The van der Waals surface area contributed by atoms with E-state index in [2.05, 4.69) is 33.5 Å². The molecule has 2 saturated heterocycles. The molecule has 1 unspecified atom stereocenters. The molecule has 2 N–H and O–H groups in total. The van der Waals surface area contributed by atoms with Crippen LogP contribution in [0.2, 0.25) is 0 Å². The van der Waals surface area contributed by atoms with Gasteiger partial charge in [0.15, 0.2) is 11.1 Å². The van der Waals surface area contributed by atoms with E-state index in [1.165, 1.54) is 25.9 Å². The number of hydrogen-bond acceptors (Lipinski definition) is 5. The number of aromatic nitrogens is 1. The third kappa shape index (κ3) is 4.19. The molecule has 0 saturated carbocycles. The smallest absolute Gasteiger partial charge is 0.191 e. The minimum Gasteiger partial charge on any atom is -0.370 e. The Balaban J connectivity index is 1.52. The number of rotatable bonds is 5. The van der Waals surface area contributed by atoms with Gasteiger partial charge in [-0.05, 0) is 31.8 Å². The van der Waals surface area contributed by atoms with Gasteiger partial charge in [0.1, 0.15) is 0 Å². The summed E-state index contributed by atoms with van der Waals surface area (Å²) in [7, 11) is 0. The second kappa shape index (κ2) is 8.16. The molecule has 0 aliphatic carbocycles. The summed E-state index contributed by atoms with van der Waals surface area (Å²) < 4.78 is 0. The summed E-state index contributed by atoms with van der Waals surface area (Å²) in [5.74, 6) is 1.32. The third-order valence-corrected chi connectivity index (χ3v) is 5.95. The Hall–Kier alpha value is -1.34. The first-order chi connectivity index (χ1) is 11.6. The van der Waals surface area contributed by atoms with Crippen molar-refractivity contribution >= 4 is 22.4 Å². The van der Waals surface area contributed by atoms with Gasteiger partial charge in [0.25, 0.3) is 0 Å². The molecule has 1 aromatic heterocycles. The largest absolute Gasteiger partial charge is 0.370 e. The van der Waals surface area contributed by atoms with Crippen LogP contribution in [0.25, 0.3) is 0 Å². The van der Waals surface area contributed by atoms with E-state index in [1.54, 1.807) is 11.3 Å². The fourth-order valence-electron chi connectivity index (χ4n) is 3.61. The van der Waals surface area contributed by atoms with Crippen LogP contribution in [0.3, 0.4) is 0 Å². The second-order valence-corrected chi connectivity index (χ2v) is 7.92. The van der Waals surface area contributed by atoms with E-state index in [9.17, 15) is 0 Å². The van der Waals surface area contributed by atoms with E-state index in [1.807, 2.05) is 11.6 Å². The molecule has 2 aliphatic heterocycles. The van der Waals surface area contributed by atoms with E-state index in [4.69, 9.17) is 10.7 Å². The number of nitrogens with two attached hydrogens (primary N) is 1. The zero-order valence-electron chi connectivity index (χ0n) is 14.9. The van der Waals surface area contributed by atoms with Gasteiger partial charge in [-0.3, -0.25) is 9.89 Å². The van der Waals surface area contributed by atoms with Gasteiger partial charge in [0, 0.05) is 43.8 Å². The van der Waals surface area contributed by atoms with Gasteiger partial charge < -0.3 is 15.5 Å². The number of piperazine rings is 1. The molecule has 0 aromatic carbocycles. The van der Waals surface area contributed by atoms with Crippen LogP contribution in [0.4, 0.5) is 5.13 Å². The molecule has 6 nitrogen and oxygen atoms in total. The predicted molar refractivity (Wildman–Crippen MR) is 102 cm³/mol. The fraction of sp³-hybridized carbons (Fsp3) is 0.765. The van der Waals surface area contributed by atoms with Crippen LogP contribution in [0.5, 0.6) is 0 Å². The molecule has 3 rings (SSSR count). The van der Waals surface area contributed by atoms with Gasteiger partial charge in [-0.1, -0.05) is 13.8 Å². The molecule has 0 bridgehead atoms.